The minimum Gasteiger partial charge on any atom is -0.508 e. The number of anilines is 1. The summed E-state index contributed by atoms with van der Waals surface area (Å²) in [6.45, 7) is 3.49. The molecule has 0 atom stereocenters. The van der Waals surface area contributed by atoms with Crippen LogP contribution in [0.4, 0.5) is 5.69 Å². The van der Waals surface area contributed by atoms with Crippen LogP contribution in [0.2, 0.25) is 0 Å². The van der Waals surface area contributed by atoms with Crippen LogP contribution in [0.5, 0.6) is 5.75 Å². The highest BCUT2D eigenvalue weighted by atomic mass is 16.3. The molecule has 3 nitrogen and oxygen atoms in total. The molecule has 0 aliphatic carbocycles. The van der Waals surface area contributed by atoms with E-state index >= 15 is 0 Å². The van der Waals surface area contributed by atoms with Crippen LogP contribution in [-0.4, -0.2) is 10.9 Å². The number of benzene rings is 1. The maximum atomic E-state index is 11.2. The lowest BCUT2D eigenvalue weighted by Crippen LogP contribution is -2.01. The monoisotopic (exact) mass is 193 g/mol. The molecule has 0 aliphatic heterocycles. The molecule has 1 aromatic rings. The van der Waals surface area contributed by atoms with Crippen LogP contribution in [0.3, 0.4) is 0 Å². The van der Waals surface area contributed by atoms with Crippen molar-refractivity contribution in [3.63, 3.8) is 0 Å². The maximum Gasteiger partial charge on any atom is 0.161 e. The summed E-state index contributed by atoms with van der Waals surface area (Å²) < 4.78 is 0. The summed E-state index contributed by atoms with van der Waals surface area (Å²) in [6, 6.07) is 3.12. The van der Waals surface area contributed by atoms with Crippen LogP contribution in [0.1, 0.15) is 36.2 Å². The maximum absolute atomic E-state index is 11.2. The van der Waals surface area contributed by atoms with E-state index in [2.05, 4.69) is 0 Å². The zero-order valence-corrected chi connectivity index (χ0v) is 8.50. The molecule has 0 fully saturated rings. The molecule has 1 aromatic carbocycles. The Labute approximate surface area is 83.6 Å². The van der Waals surface area contributed by atoms with Crippen molar-refractivity contribution >= 4 is 11.5 Å². The van der Waals surface area contributed by atoms with E-state index in [0.29, 0.717) is 11.3 Å². The van der Waals surface area contributed by atoms with Crippen LogP contribution in [0.25, 0.3) is 0 Å². The summed E-state index contributed by atoms with van der Waals surface area (Å²) in [5, 5.41) is 9.54. The van der Waals surface area contributed by atoms with E-state index in [-0.39, 0.29) is 11.5 Å². The van der Waals surface area contributed by atoms with Crippen LogP contribution < -0.4 is 5.73 Å². The van der Waals surface area contributed by atoms with Crippen LogP contribution in [0, 0.1) is 0 Å². The van der Waals surface area contributed by atoms with Crippen molar-refractivity contribution < 1.29 is 9.90 Å². The van der Waals surface area contributed by atoms with Gasteiger partial charge in [0, 0.05) is 17.3 Å². The number of ketones is 1. The first-order chi connectivity index (χ1) is 6.56. The van der Waals surface area contributed by atoms with Crippen LogP contribution >= 0.6 is 0 Å². The molecular weight excluding hydrogens is 178 g/mol. The quantitative estimate of drug-likeness (QED) is 0.571. The molecule has 0 aromatic heterocycles. The summed E-state index contributed by atoms with van der Waals surface area (Å²) in [5.74, 6) is 0.106. The second kappa shape index (κ2) is 4.13. The molecule has 3 heteroatoms. The van der Waals surface area contributed by atoms with Crippen molar-refractivity contribution in [3.05, 3.63) is 23.3 Å². The number of aromatic hydroxyl groups is 1. The highest BCUT2D eigenvalue weighted by molar-refractivity contribution is 5.99. The Hall–Kier alpha value is -1.51. The second-order valence-electron chi connectivity index (χ2n) is 3.37. The highest BCUT2D eigenvalue weighted by Crippen LogP contribution is 2.25. The number of phenolic OH excluding ortho intramolecular Hbond substituents is 1. The average Bonchev–Trinajstić information content (AvgIpc) is 2.09. The van der Waals surface area contributed by atoms with Gasteiger partial charge in [0.15, 0.2) is 5.78 Å². The van der Waals surface area contributed by atoms with Gasteiger partial charge in [0.25, 0.3) is 0 Å². The van der Waals surface area contributed by atoms with Gasteiger partial charge < -0.3 is 10.8 Å². The lowest BCUT2D eigenvalue weighted by molar-refractivity contribution is 0.101. The van der Waals surface area contributed by atoms with Gasteiger partial charge >= 0.3 is 0 Å². The number of aryl methyl sites for hydroxylation is 1. The van der Waals surface area contributed by atoms with Gasteiger partial charge in [-0.15, -0.1) is 0 Å². The van der Waals surface area contributed by atoms with Gasteiger partial charge in [0.1, 0.15) is 5.75 Å². The summed E-state index contributed by atoms with van der Waals surface area (Å²) in [7, 11) is 0. The third-order valence-electron chi connectivity index (χ3n) is 2.15. The first-order valence-corrected chi connectivity index (χ1v) is 4.68. The predicted octanol–water partition coefficient (Wildman–Crippen LogP) is 2.13. The smallest absolute Gasteiger partial charge is 0.161 e. The summed E-state index contributed by atoms with van der Waals surface area (Å²) in [6.07, 6.45) is 1.68. The van der Waals surface area contributed by atoms with Gasteiger partial charge in [-0.25, -0.2) is 0 Å². The van der Waals surface area contributed by atoms with E-state index in [1.807, 2.05) is 6.92 Å². The van der Waals surface area contributed by atoms with E-state index in [1.54, 1.807) is 6.07 Å². The number of hydrogen-bond acceptors (Lipinski definition) is 3. The van der Waals surface area contributed by atoms with Gasteiger partial charge in [0.05, 0.1) is 0 Å². The highest BCUT2D eigenvalue weighted by Gasteiger charge is 2.09. The Morgan fingerprint density at radius 3 is 2.64 bits per heavy atom. The van der Waals surface area contributed by atoms with Gasteiger partial charge in [0.2, 0.25) is 0 Å². The number of hydrogen-bond donors (Lipinski definition) is 2. The first kappa shape index (κ1) is 10.6. The number of nitrogens with two attached hydrogens (primary N) is 1. The van der Waals surface area contributed by atoms with E-state index < -0.39 is 0 Å². The number of Topliss-reactive ketones (excluding diaryl/α,β-unsaturated/α-hetero) is 1. The third kappa shape index (κ3) is 2.05. The zero-order valence-electron chi connectivity index (χ0n) is 8.50. The molecule has 0 saturated carbocycles. The van der Waals surface area contributed by atoms with E-state index in [9.17, 15) is 9.90 Å². The van der Waals surface area contributed by atoms with Gasteiger partial charge in [-0.3, -0.25) is 4.79 Å². The molecule has 0 saturated heterocycles. The van der Waals surface area contributed by atoms with Gasteiger partial charge in [-0.2, -0.15) is 0 Å². The minimum absolute atomic E-state index is 0.0696. The Morgan fingerprint density at radius 1 is 1.50 bits per heavy atom. The molecule has 0 spiro atoms. The Morgan fingerprint density at radius 2 is 2.14 bits per heavy atom. The molecule has 0 aliphatic rings. The minimum atomic E-state index is -0.0696. The molecule has 0 unspecified atom stereocenters. The van der Waals surface area contributed by atoms with Crippen molar-refractivity contribution in [1.82, 2.24) is 0 Å². The standard InChI is InChI=1S/C11H15NO2/c1-3-4-8-5-9(7(2)13)10(12)6-11(8)14/h5-6,14H,3-4,12H2,1-2H3. The number of rotatable bonds is 3. The molecule has 0 radical (unpaired) electrons. The lowest BCUT2D eigenvalue weighted by Gasteiger charge is -2.07. The molecule has 14 heavy (non-hydrogen) atoms. The van der Waals surface area contributed by atoms with Crippen molar-refractivity contribution in [2.45, 2.75) is 26.7 Å². The predicted molar refractivity (Wildman–Crippen MR) is 56.5 cm³/mol. The summed E-state index contributed by atoms with van der Waals surface area (Å²) >= 11 is 0. The van der Waals surface area contributed by atoms with E-state index in [4.69, 9.17) is 5.73 Å². The van der Waals surface area contributed by atoms with E-state index in [0.717, 1.165) is 18.4 Å². The van der Waals surface area contributed by atoms with Crippen molar-refractivity contribution in [2.75, 3.05) is 5.73 Å². The Balaban J connectivity index is 3.20. The third-order valence-corrected chi connectivity index (χ3v) is 2.15. The zero-order chi connectivity index (χ0) is 10.7. The van der Waals surface area contributed by atoms with Crippen molar-refractivity contribution in [2.24, 2.45) is 0 Å². The van der Waals surface area contributed by atoms with Gasteiger partial charge in [-0.1, -0.05) is 13.3 Å². The number of phenols is 1. The van der Waals surface area contributed by atoms with Crippen molar-refractivity contribution in [1.29, 1.82) is 0 Å². The summed E-state index contributed by atoms with van der Waals surface area (Å²) in [5.41, 5.74) is 7.23. The van der Waals surface area contributed by atoms with Crippen LogP contribution in [0.15, 0.2) is 12.1 Å². The molecule has 0 amide bonds. The van der Waals surface area contributed by atoms with Crippen LogP contribution in [-0.2, 0) is 6.42 Å². The number of carbonyl (C=O) groups excluding carboxylic acids is 1. The molecule has 76 valence electrons. The molecule has 3 N–H and O–H groups in total. The molecular formula is C11H15NO2. The molecule has 0 heterocycles. The topological polar surface area (TPSA) is 63.3 Å². The Kier molecular flexibility index (Phi) is 3.12. The van der Waals surface area contributed by atoms with Gasteiger partial charge in [-0.05, 0) is 25.0 Å². The van der Waals surface area contributed by atoms with E-state index in [1.165, 1.54) is 13.0 Å². The fourth-order valence-electron chi connectivity index (χ4n) is 1.42. The fourth-order valence-corrected chi connectivity index (χ4v) is 1.42. The summed E-state index contributed by atoms with van der Waals surface area (Å²) in [4.78, 5) is 11.2. The molecule has 0 bridgehead atoms. The lowest BCUT2D eigenvalue weighted by atomic mass is 10.0. The first-order valence-electron chi connectivity index (χ1n) is 4.68. The average molecular weight is 193 g/mol. The largest absolute Gasteiger partial charge is 0.508 e. The number of carbonyl (C=O) groups is 1. The normalized spacial score (nSPS) is 10.1. The molecule has 1 rings (SSSR count). The SMILES string of the molecule is CCCc1cc(C(C)=O)c(N)cc1O. The number of nitrogen functional groups attached to an aromatic ring is 1. The van der Waals surface area contributed by atoms with Crippen molar-refractivity contribution in [3.8, 4) is 5.75 Å². The second-order valence-corrected chi connectivity index (χ2v) is 3.37. The fraction of sp³-hybridized carbons (Fsp3) is 0.364. The Bertz CT molecular complexity index is 359.